The van der Waals surface area contributed by atoms with Gasteiger partial charge in [-0.15, -0.1) is 0 Å². The molecule has 0 aliphatic rings. The van der Waals surface area contributed by atoms with Crippen molar-refractivity contribution in [3.8, 4) is 0 Å². The zero-order chi connectivity index (χ0) is 11.4. The summed E-state index contributed by atoms with van der Waals surface area (Å²) in [6.07, 6.45) is -5.83. The van der Waals surface area contributed by atoms with Crippen molar-refractivity contribution in [1.29, 1.82) is 0 Å². The Labute approximate surface area is 81.1 Å². The Bertz CT molecular complexity index is 195. The number of alkyl halides is 3. The van der Waals surface area contributed by atoms with Gasteiger partial charge in [0.25, 0.3) is 0 Å². The third-order valence-electron chi connectivity index (χ3n) is 2.32. The summed E-state index contributed by atoms with van der Waals surface area (Å²) in [5.41, 5.74) is -1.58. The molecule has 0 aromatic heterocycles. The predicted octanol–water partition coefficient (Wildman–Crippen LogP) is 2.45. The molecule has 1 N–H and O–H groups in total. The Balaban J connectivity index is 4.20. The van der Waals surface area contributed by atoms with E-state index in [0.717, 1.165) is 0 Å². The molecule has 0 rings (SSSR count). The molecule has 0 spiro atoms. The normalized spacial score (nSPS) is 13.0. The largest absolute Gasteiger partial charge is 0.389 e. The average Bonchev–Trinajstić information content (AvgIpc) is 2.11. The minimum absolute atomic E-state index is 0.153. The van der Waals surface area contributed by atoms with Crippen LogP contribution in [0.5, 0.6) is 0 Å². The molecule has 0 aliphatic heterocycles. The Hall–Kier alpha value is -0.580. The van der Waals surface area contributed by atoms with Crippen molar-refractivity contribution < 1.29 is 23.1 Å². The SMILES string of the molecule is CCC(O)(CC)C(=O)CCC(F)(F)F. The predicted molar refractivity (Wildman–Crippen MR) is 45.8 cm³/mol. The lowest BCUT2D eigenvalue weighted by Crippen LogP contribution is -2.37. The number of carbonyl (C=O) groups excluding carboxylic acids is 1. The second-order valence-corrected chi connectivity index (χ2v) is 3.28. The van der Waals surface area contributed by atoms with Gasteiger partial charge in [-0.3, -0.25) is 4.79 Å². The third-order valence-corrected chi connectivity index (χ3v) is 2.32. The first kappa shape index (κ1) is 13.4. The lowest BCUT2D eigenvalue weighted by Gasteiger charge is -2.23. The standard InChI is InChI=1S/C9H15F3O2/c1-3-8(14,4-2)7(13)5-6-9(10,11)12/h14H,3-6H2,1-2H3. The summed E-state index contributed by atoms with van der Waals surface area (Å²) in [5, 5.41) is 9.58. The molecule has 0 radical (unpaired) electrons. The van der Waals surface area contributed by atoms with Gasteiger partial charge in [0.15, 0.2) is 5.78 Å². The molecule has 84 valence electrons. The summed E-state index contributed by atoms with van der Waals surface area (Å²) in [6.45, 7) is 3.16. The topological polar surface area (TPSA) is 37.3 Å². The first-order valence-electron chi connectivity index (χ1n) is 4.57. The van der Waals surface area contributed by atoms with E-state index in [1.54, 1.807) is 13.8 Å². The molecule has 0 atom stereocenters. The van der Waals surface area contributed by atoms with E-state index >= 15 is 0 Å². The van der Waals surface area contributed by atoms with Gasteiger partial charge in [0.05, 0.1) is 6.42 Å². The number of Topliss-reactive ketones (excluding diaryl/α,β-unsaturated/α-hetero) is 1. The number of hydrogen-bond donors (Lipinski definition) is 1. The van der Waals surface area contributed by atoms with Crippen molar-refractivity contribution in [2.75, 3.05) is 0 Å². The highest BCUT2D eigenvalue weighted by Gasteiger charge is 2.35. The van der Waals surface area contributed by atoms with Crippen LogP contribution in [-0.2, 0) is 4.79 Å². The van der Waals surface area contributed by atoms with Gasteiger partial charge in [-0.2, -0.15) is 13.2 Å². The monoisotopic (exact) mass is 212 g/mol. The smallest absolute Gasteiger partial charge is 0.382 e. The molecule has 0 fully saturated rings. The van der Waals surface area contributed by atoms with Crippen LogP contribution in [-0.4, -0.2) is 22.7 Å². The number of aliphatic hydroxyl groups is 1. The number of halogens is 3. The van der Waals surface area contributed by atoms with Crippen molar-refractivity contribution in [3.05, 3.63) is 0 Å². The van der Waals surface area contributed by atoms with Crippen molar-refractivity contribution in [2.45, 2.75) is 51.3 Å². The maximum absolute atomic E-state index is 11.8. The summed E-state index contributed by atoms with van der Waals surface area (Å²) in [6, 6.07) is 0. The number of carbonyl (C=O) groups is 1. The summed E-state index contributed by atoms with van der Waals surface area (Å²) in [4.78, 5) is 11.2. The van der Waals surface area contributed by atoms with Crippen molar-refractivity contribution in [3.63, 3.8) is 0 Å². The molecule has 5 heteroatoms. The Morgan fingerprint density at radius 1 is 1.21 bits per heavy atom. The van der Waals surface area contributed by atoms with E-state index in [2.05, 4.69) is 0 Å². The molecule has 14 heavy (non-hydrogen) atoms. The quantitative estimate of drug-likeness (QED) is 0.760. The van der Waals surface area contributed by atoms with Gasteiger partial charge in [0.2, 0.25) is 0 Å². The summed E-state index contributed by atoms with van der Waals surface area (Å²) < 4.78 is 35.3. The molecule has 0 aromatic rings. The van der Waals surface area contributed by atoms with E-state index < -0.39 is 30.4 Å². The average molecular weight is 212 g/mol. The van der Waals surface area contributed by atoms with Crippen LogP contribution < -0.4 is 0 Å². The maximum atomic E-state index is 11.8. The van der Waals surface area contributed by atoms with Crippen LogP contribution in [0.4, 0.5) is 13.2 Å². The maximum Gasteiger partial charge on any atom is 0.389 e. The van der Waals surface area contributed by atoms with Gasteiger partial charge in [-0.25, -0.2) is 0 Å². The fourth-order valence-electron chi connectivity index (χ4n) is 1.13. The Kier molecular flexibility index (Phi) is 4.58. The van der Waals surface area contributed by atoms with Crippen LogP contribution in [0.25, 0.3) is 0 Å². The van der Waals surface area contributed by atoms with Crippen LogP contribution in [0.15, 0.2) is 0 Å². The zero-order valence-electron chi connectivity index (χ0n) is 8.32. The molecule has 0 aromatic carbocycles. The third kappa shape index (κ3) is 4.09. The first-order valence-corrected chi connectivity index (χ1v) is 4.57. The molecule has 0 amide bonds. The van der Waals surface area contributed by atoms with Crippen molar-refractivity contribution in [2.24, 2.45) is 0 Å². The van der Waals surface area contributed by atoms with E-state index in [4.69, 9.17) is 0 Å². The van der Waals surface area contributed by atoms with Crippen LogP contribution in [0.2, 0.25) is 0 Å². The second-order valence-electron chi connectivity index (χ2n) is 3.28. The fraction of sp³-hybridized carbons (Fsp3) is 0.889. The lowest BCUT2D eigenvalue weighted by molar-refractivity contribution is -0.152. The van der Waals surface area contributed by atoms with Crippen LogP contribution in [0.3, 0.4) is 0 Å². The van der Waals surface area contributed by atoms with Crippen molar-refractivity contribution >= 4 is 5.78 Å². The highest BCUT2D eigenvalue weighted by Crippen LogP contribution is 2.25. The van der Waals surface area contributed by atoms with Crippen LogP contribution in [0, 0.1) is 0 Å². The molecule has 0 heterocycles. The molecule has 0 aliphatic carbocycles. The Morgan fingerprint density at radius 3 is 1.93 bits per heavy atom. The van der Waals surface area contributed by atoms with Gasteiger partial charge in [-0.05, 0) is 12.8 Å². The molecular formula is C9H15F3O2. The lowest BCUT2D eigenvalue weighted by atomic mass is 9.90. The van der Waals surface area contributed by atoms with E-state index in [0.29, 0.717) is 0 Å². The van der Waals surface area contributed by atoms with Gasteiger partial charge in [0, 0.05) is 6.42 Å². The first-order chi connectivity index (χ1) is 6.25. The second kappa shape index (κ2) is 4.77. The molecule has 0 saturated carbocycles. The summed E-state index contributed by atoms with van der Waals surface area (Å²) >= 11 is 0. The molecular weight excluding hydrogens is 197 g/mol. The van der Waals surface area contributed by atoms with Crippen LogP contribution in [0.1, 0.15) is 39.5 Å². The molecule has 0 bridgehead atoms. The number of rotatable bonds is 5. The number of ketones is 1. The molecule has 0 saturated heterocycles. The Morgan fingerprint density at radius 2 is 1.64 bits per heavy atom. The fourth-order valence-corrected chi connectivity index (χ4v) is 1.13. The minimum atomic E-state index is -4.34. The molecule has 2 nitrogen and oxygen atoms in total. The van der Waals surface area contributed by atoms with E-state index in [9.17, 15) is 23.1 Å². The van der Waals surface area contributed by atoms with Gasteiger partial charge < -0.3 is 5.11 Å². The van der Waals surface area contributed by atoms with Gasteiger partial charge >= 0.3 is 6.18 Å². The van der Waals surface area contributed by atoms with E-state index in [1.165, 1.54) is 0 Å². The highest BCUT2D eigenvalue weighted by atomic mass is 19.4. The van der Waals surface area contributed by atoms with E-state index in [1.807, 2.05) is 0 Å². The summed E-state index contributed by atoms with van der Waals surface area (Å²) in [5.74, 6) is -0.722. The zero-order valence-corrected chi connectivity index (χ0v) is 8.32. The van der Waals surface area contributed by atoms with E-state index in [-0.39, 0.29) is 12.8 Å². The molecule has 0 unspecified atom stereocenters. The summed E-state index contributed by atoms with van der Waals surface area (Å²) in [7, 11) is 0. The highest BCUT2D eigenvalue weighted by molar-refractivity contribution is 5.86. The van der Waals surface area contributed by atoms with Crippen molar-refractivity contribution in [1.82, 2.24) is 0 Å². The van der Waals surface area contributed by atoms with Gasteiger partial charge in [-0.1, -0.05) is 13.8 Å². The number of hydrogen-bond acceptors (Lipinski definition) is 2. The minimum Gasteiger partial charge on any atom is -0.382 e. The van der Waals surface area contributed by atoms with Gasteiger partial charge in [0.1, 0.15) is 5.60 Å². The van der Waals surface area contributed by atoms with Crippen LogP contribution >= 0.6 is 0 Å².